The summed E-state index contributed by atoms with van der Waals surface area (Å²) in [7, 11) is 0. The molecule has 0 unspecified atom stereocenters. The summed E-state index contributed by atoms with van der Waals surface area (Å²) in [5, 5.41) is 16.2. The highest BCUT2D eigenvalue weighted by atomic mass is 16.6. The lowest BCUT2D eigenvalue weighted by Gasteiger charge is -2.07. The van der Waals surface area contributed by atoms with E-state index in [0.717, 1.165) is 5.56 Å². The van der Waals surface area contributed by atoms with Gasteiger partial charge in [-0.15, -0.1) is 0 Å². The van der Waals surface area contributed by atoms with Crippen molar-refractivity contribution in [1.82, 2.24) is 0 Å². The summed E-state index contributed by atoms with van der Waals surface area (Å²) in [4.78, 5) is 33.5. The van der Waals surface area contributed by atoms with E-state index >= 15 is 0 Å². The zero-order valence-corrected chi connectivity index (χ0v) is 13.3. The van der Waals surface area contributed by atoms with Gasteiger partial charge in [0.1, 0.15) is 0 Å². The van der Waals surface area contributed by atoms with Crippen LogP contribution >= 0.6 is 0 Å². The van der Waals surface area contributed by atoms with Crippen LogP contribution in [0.4, 0.5) is 17.1 Å². The number of carbonyl (C=O) groups excluding carboxylic acids is 2. The van der Waals surface area contributed by atoms with Crippen LogP contribution in [-0.2, 0) is 16.0 Å². The molecule has 2 aromatic carbocycles. The van der Waals surface area contributed by atoms with Crippen molar-refractivity contribution in [3.05, 3.63) is 63.7 Å². The summed E-state index contributed by atoms with van der Waals surface area (Å²) in [5.74, 6) is -0.443. The molecule has 24 heavy (non-hydrogen) atoms. The minimum absolute atomic E-state index is 0.0348. The summed E-state index contributed by atoms with van der Waals surface area (Å²) >= 11 is 0. The van der Waals surface area contributed by atoms with Gasteiger partial charge in [-0.1, -0.05) is 18.2 Å². The fourth-order valence-electron chi connectivity index (χ4n) is 2.18. The number of anilines is 2. The van der Waals surface area contributed by atoms with Gasteiger partial charge in [-0.2, -0.15) is 0 Å². The van der Waals surface area contributed by atoms with Gasteiger partial charge >= 0.3 is 0 Å². The van der Waals surface area contributed by atoms with Crippen molar-refractivity contribution in [3.8, 4) is 0 Å². The van der Waals surface area contributed by atoms with Crippen LogP contribution in [0.1, 0.15) is 18.1 Å². The van der Waals surface area contributed by atoms with E-state index in [1.807, 2.05) is 0 Å². The molecule has 0 saturated heterocycles. The molecule has 0 aliphatic rings. The molecule has 7 heteroatoms. The third-order valence-electron chi connectivity index (χ3n) is 3.33. The van der Waals surface area contributed by atoms with E-state index in [-0.39, 0.29) is 23.9 Å². The summed E-state index contributed by atoms with van der Waals surface area (Å²) < 4.78 is 0. The lowest BCUT2D eigenvalue weighted by atomic mass is 10.1. The molecule has 0 spiro atoms. The molecule has 2 rings (SSSR count). The van der Waals surface area contributed by atoms with Crippen molar-refractivity contribution in [2.75, 3.05) is 10.6 Å². The number of nitro benzene ring substituents is 1. The molecule has 0 aliphatic heterocycles. The van der Waals surface area contributed by atoms with Gasteiger partial charge in [0, 0.05) is 29.9 Å². The van der Waals surface area contributed by atoms with Crippen molar-refractivity contribution in [3.63, 3.8) is 0 Å². The van der Waals surface area contributed by atoms with Gasteiger partial charge in [-0.05, 0) is 30.7 Å². The van der Waals surface area contributed by atoms with E-state index < -0.39 is 4.92 Å². The van der Waals surface area contributed by atoms with Gasteiger partial charge in [0.05, 0.1) is 11.3 Å². The van der Waals surface area contributed by atoms with Gasteiger partial charge in [-0.25, -0.2) is 0 Å². The molecule has 7 nitrogen and oxygen atoms in total. The quantitative estimate of drug-likeness (QED) is 0.651. The summed E-state index contributed by atoms with van der Waals surface area (Å²) in [6.07, 6.45) is 0.127. The normalized spacial score (nSPS) is 10.1. The Morgan fingerprint density at radius 1 is 1.04 bits per heavy atom. The van der Waals surface area contributed by atoms with Crippen LogP contribution in [0.5, 0.6) is 0 Å². The van der Waals surface area contributed by atoms with Crippen molar-refractivity contribution in [2.45, 2.75) is 20.3 Å². The maximum absolute atomic E-state index is 12.1. The molecule has 2 amide bonds. The number of nitrogens with one attached hydrogen (secondary N) is 2. The van der Waals surface area contributed by atoms with E-state index in [4.69, 9.17) is 0 Å². The summed E-state index contributed by atoms with van der Waals surface area (Å²) in [5.41, 5.74) is 2.30. The second-order valence-electron chi connectivity index (χ2n) is 5.36. The first-order valence-corrected chi connectivity index (χ1v) is 7.26. The average molecular weight is 327 g/mol. The van der Waals surface area contributed by atoms with Crippen molar-refractivity contribution < 1.29 is 14.5 Å². The molecule has 0 atom stereocenters. The number of aryl methyl sites for hydroxylation is 1. The number of nitro groups is 1. The Morgan fingerprint density at radius 2 is 1.67 bits per heavy atom. The number of rotatable bonds is 5. The van der Waals surface area contributed by atoms with E-state index in [9.17, 15) is 19.7 Å². The van der Waals surface area contributed by atoms with Gasteiger partial charge in [-0.3, -0.25) is 19.7 Å². The number of hydrogen-bond acceptors (Lipinski definition) is 4. The topological polar surface area (TPSA) is 101 Å². The van der Waals surface area contributed by atoms with Crippen molar-refractivity contribution >= 4 is 28.9 Å². The highest BCUT2D eigenvalue weighted by Crippen LogP contribution is 2.22. The maximum atomic E-state index is 12.1. The number of carbonyl (C=O) groups is 2. The molecule has 2 aromatic rings. The monoisotopic (exact) mass is 327 g/mol. The standard InChI is InChI=1S/C17H17N3O4/c1-11-3-6-15(10-16(11)20(23)24)19-17(22)9-13-4-7-14(8-5-13)18-12(2)21/h3-8,10H,9H2,1-2H3,(H,18,21)(H,19,22). The van der Waals surface area contributed by atoms with Crippen LogP contribution in [0.3, 0.4) is 0 Å². The first-order valence-electron chi connectivity index (χ1n) is 7.26. The number of hydrogen-bond donors (Lipinski definition) is 2. The average Bonchev–Trinajstić information content (AvgIpc) is 2.50. The Bertz CT molecular complexity index is 785. The van der Waals surface area contributed by atoms with E-state index in [1.54, 1.807) is 43.3 Å². The second-order valence-corrected chi connectivity index (χ2v) is 5.36. The molecular weight excluding hydrogens is 310 g/mol. The van der Waals surface area contributed by atoms with Crippen molar-refractivity contribution in [1.29, 1.82) is 0 Å². The smallest absolute Gasteiger partial charge is 0.274 e. The van der Waals surface area contributed by atoms with Crippen LogP contribution in [0.25, 0.3) is 0 Å². The molecule has 0 fully saturated rings. The molecular formula is C17H17N3O4. The zero-order chi connectivity index (χ0) is 17.7. The Kier molecular flexibility index (Phi) is 5.26. The van der Waals surface area contributed by atoms with Gasteiger partial charge < -0.3 is 10.6 Å². The highest BCUT2D eigenvalue weighted by molar-refractivity contribution is 5.93. The lowest BCUT2D eigenvalue weighted by molar-refractivity contribution is -0.385. The maximum Gasteiger partial charge on any atom is 0.274 e. The van der Waals surface area contributed by atoms with E-state index in [2.05, 4.69) is 10.6 Å². The molecule has 0 saturated carbocycles. The third-order valence-corrected chi connectivity index (χ3v) is 3.33. The van der Waals surface area contributed by atoms with E-state index in [1.165, 1.54) is 13.0 Å². The molecule has 0 aliphatic carbocycles. The SMILES string of the molecule is CC(=O)Nc1ccc(CC(=O)Nc2ccc(C)c([N+](=O)[O-])c2)cc1. The fraction of sp³-hybridized carbons (Fsp3) is 0.176. The van der Waals surface area contributed by atoms with Crippen LogP contribution < -0.4 is 10.6 Å². The number of amides is 2. The molecule has 124 valence electrons. The van der Waals surface area contributed by atoms with Crippen LogP contribution in [0.15, 0.2) is 42.5 Å². The fourth-order valence-corrected chi connectivity index (χ4v) is 2.18. The largest absolute Gasteiger partial charge is 0.326 e. The minimum Gasteiger partial charge on any atom is -0.326 e. The van der Waals surface area contributed by atoms with Crippen LogP contribution in [0.2, 0.25) is 0 Å². The Hall–Kier alpha value is -3.22. The van der Waals surface area contributed by atoms with E-state index in [0.29, 0.717) is 16.9 Å². The number of benzene rings is 2. The first kappa shape index (κ1) is 17.1. The lowest BCUT2D eigenvalue weighted by Crippen LogP contribution is -2.14. The predicted molar refractivity (Wildman–Crippen MR) is 90.9 cm³/mol. The molecule has 2 N–H and O–H groups in total. The summed E-state index contributed by atoms with van der Waals surface area (Å²) in [6, 6.07) is 11.5. The minimum atomic E-state index is -0.480. The Labute approximate surface area is 138 Å². The Morgan fingerprint density at radius 3 is 2.25 bits per heavy atom. The highest BCUT2D eigenvalue weighted by Gasteiger charge is 2.12. The predicted octanol–water partition coefficient (Wildman–Crippen LogP) is 3.04. The second kappa shape index (κ2) is 7.36. The van der Waals surface area contributed by atoms with Gasteiger partial charge in [0.2, 0.25) is 11.8 Å². The zero-order valence-electron chi connectivity index (χ0n) is 13.3. The van der Waals surface area contributed by atoms with Gasteiger partial charge in [0.15, 0.2) is 0 Å². The van der Waals surface area contributed by atoms with Gasteiger partial charge in [0.25, 0.3) is 5.69 Å². The number of nitrogens with zero attached hydrogens (tertiary/aromatic N) is 1. The molecule has 0 bridgehead atoms. The third kappa shape index (κ3) is 4.64. The summed E-state index contributed by atoms with van der Waals surface area (Å²) in [6.45, 7) is 3.06. The van der Waals surface area contributed by atoms with Crippen LogP contribution in [-0.4, -0.2) is 16.7 Å². The first-order chi connectivity index (χ1) is 11.3. The molecule has 0 radical (unpaired) electrons. The molecule has 0 heterocycles. The van der Waals surface area contributed by atoms with Crippen LogP contribution in [0, 0.1) is 17.0 Å². The molecule has 0 aromatic heterocycles. The van der Waals surface area contributed by atoms with Crippen molar-refractivity contribution in [2.24, 2.45) is 0 Å². The Balaban J connectivity index is 2.02.